The third-order valence-electron chi connectivity index (χ3n) is 2.47. The smallest absolute Gasteiger partial charge is 0.118 e. The lowest BCUT2D eigenvalue weighted by atomic mass is 10.2. The van der Waals surface area contributed by atoms with Crippen molar-refractivity contribution in [1.82, 2.24) is 0 Å². The molecule has 0 spiro atoms. The van der Waals surface area contributed by atoms with E-state index in [0.717, 1.165) is 25.6 Å². The number of aliphatic hydroxyl groups excluding tert-OH is 1. The fourth-order valence-electron chi connectivity index (χ4n) is 1.50. The molecule has 0 amide bonds. The van der Waals surface area contributed by atoms with Gasteiger partial charge in [-0.15, -0.1) is 0 Å². The van der Waals surface area contributed by atoms with Gasteiger partial charge in [-0.3, -0.25) is 0 Å². The highest BCUT2D eigenvalue weighted by molar-refractivity contribution is 9.10. The Hall–Kier alpha value is -0.970. The average Bonchev–Trinajstić information content (AvgIpc) is 2.42. The van der Waals surface area contributed by atoms with Crippen LogP contribution in [0.2, 0.25) is 0 Å². The lowest BCUT2D eigenvalue weighted by molar-refractivity contribution is 0.281. The molecule has 2 rings (SSSR count). The lowest BCUT2D eigenvalue weighted by Gasteiger charge is -2.07. The predicted octanol–water partition coefficient (Wildman–Crippen LogP) is 4.10. The van der Waals surface area contributed by atoms with Gasteiger partial charge in [0.25, 0.3) is 0 Å². The van der Waals surface area contributed by atoms with Gasteiger partial charge in [0.15, 0.2) is 0 Å². The maximum Gasteiger partial charge on any atom is 0.118 e. The second-order valence-corrected chi connectivity index (χ2v) is 5.67. The number of methoxy groups -OCH3 is 1. The number of halogens is 1. The molecule has 2 aromatic carbocycles. The second kappa shape index (κ2) is 6.27. The van der Waals surface area contributed by atoms with Crippen LogP contribution in [0.4, 0.5) is 0 Å². The highest BCUT2D eigenvalue weighted by Crippen LogP contribution is 2.34. The molecule has 2 nitrogen and oxygen atoms in total. The molecule has 0 unspecified atom stereocenters. The molecule has 0 saturated carbocycles. The van der Waals surface area contributed by atoms with Crippen LogP contribution in [-0.4, -0.2) is 12.2 Å². The van der Waals surface area contributed by atoms with Crippen LogP contribution in [0.1, 0.15) is 5.56 Å². The van der Waals surface area contributed by atoms with Gasteiger partial charge in [0, 0.05) is 14.3 Å². The van der Waals surface area contributed by atoms with Crippen LogP contribution in [0.3, 0.4) is 0 Å². The summed E-state index contributed by atoms with van der Waals surface area (Å²) in [6.45, 7) is 0.0616. The first kappa shape index (κ1) is 13.5. The topological polar surface area (TPSA) is 29.5 Å². The Labute approximate surface area is 119 Å². The fourth-order valence-corrected chi connectivity index (χ4v) is 2.98. The summed E-state index contributed by atoms with van der Waals surface area (Å²) in [5.74, 6) is 0.856. The molecule has 94 valence electrons. The zero-order valence-electron chi connectivity index (χ0n) is 9.89. The highest BCUT2D eigenvalue weighted by atomic mass is 79.9. The molecule has 0 aromatic heterocycles. The molecule has 2 aromatic rings. The number of hydrogen-bond donors (Lipinski definition) is 1. The van der Waals surface area contributed by atoms with Crippen LogP contribution >= 0.6 is 27.7 Å². The van der Waals surface area contributed by atoms with Crippen LogP contribution in [0.5, 0.6) is 5.75 Å². The first-order chi connectivity index (χ1) is 8.72. The Balaban J connectivity index is 2.17. The minimum Gasteiger partial charge on any atom is -0.497 e. The van der Waals surface area contributed by atoms with Crippen molar-refractivity contribution in [2.45, 2.75) is 16.4 Å². The molecule has 0 aliphatic carbocycles. The van der Waals surface area contributed by atoms with Gasteiger partial charge in [-0.05, 0) is 57.9 Å². The van der Waals surface area contributed by atoms with Crippen molar-refractivity contribution in [1.29, 1.82) is 0 Å². The van der Waals surface area contributed by atoms with E-state index < -0.39 is 0 Å². The Morgan fingerprint density at radius 2 is 1.89 bits per heavy atom. The van der Waals surface area contributed by atoms with Crippen molar-refractivity contribution < 1.29 is 9.84 Å². The molecule has 0 radical (unpaired) electrons. The monoisotopic (exact) mass is 324 g/mol. The van der Waals surface area contributed by atoms with Gasteiger partial charge in [0.2, 0.25) is 0 Å². The van der Waals surface area contributed by atoms with E-state index in [4.69, 9.17) is 9.84 Å². The largest absolute Gasteiger partial charge is 0.497 e. The molecular weight excluding hydrogens is 312 g/mol. The van der Waals surface area contributed by atoms with Gasteiger partial charge >= 0.3 is 0 Å². The van der Waals surface area contributed by atoms with E-state index in [-0.39, 0.29) is 6.61 Å². The lowest BCUT2D eigenvalue weighted by Crippen LogP contribution is -1.84. The Morgan fingerprint density at radius 1 is 1.17 bits per heavy atom. The van der Waals surface area contributed by atoms with Crippen molar-refractivity contribution in [3.05, 3.63) is 52.5 Å². The average molecular weight is 325 g/mol. The van der Waals surface area contributed by atoms with E-state index in [9.17, 15) is 0 Å². The standard InChI is InChI=1S/C14H13BrO2S/c1-17-11-3-5-12(6-4-11)18-14-7-2-10(9-16)8-13(14)15/h2-8,16H,9H2,1H3. The maximum atomic E-state index is 9.06. The van der Waals surface area contributed by atoms with Gasteiger partial charge in [-0.1, -0.05) is 17.8 Å². The van der Waals surface area contributed by atoms with E-state index in [1.807, 2.05) is 42.5 Å². The van der Waals surface area contributed by atoms with E-state index in [1.165, 1.54) is 0 Å². The molecule has 0 saturated heterocycles. The van der Waals surface area contributed by atoms with Gasteiger partial charge in [0.1, 0.15) is 5.75 Å². The highest BCUT2D eigenvalue weighted by Gasteiger charge is 2.04. The van der Waals surface area contributed by atoms with Gasteiger partial charge in [0.05, 0.1) is 13.7 Å². The summed E-state index contributed by atoms with van der Waals surface area (Å²) in [6.07, 6.45) is 0. The predicted molar refractivity (Wildman–Crippen MR) is 77.2 cm³/mol. The fraction of sp³-hybridized carbons (Fsp3) is 0.143. The van der Waals surface area contributed by atoms with Crippen molar-refractivity contribution >= 4 is 27.7 Å². The van der Waals surface area contributed by atoms with Crippen molar-refractivity contribution in [3.63, 3.8) is 0 Å². The Bertz CT molecular complexity index is 526. The van der Waals surface area contributed by atoms with Crippen LogP contribution < -0.4 is 4.74 Å². The van der Waals surface area contributed by atoms with Crippen molar-refractivity contribution in [3.8, 4) is 5.75 Å². The SMILES string of the molecule is COc1ccc(Sc2ccc(CO)cc2Br)cc1. The molecule has 0 aliphatic heterocycles. The van der Waals surface area contributed by atoms with Crippen LogP contribution in [0, 0.1) is 0 Å². The van der Waals surface area contributed by atoms with E-state index in [1.54, 1.807) is 18.9 Å². The van der Waals surface area contributed by atoms with Crippen LogP contribution in [0.25, 0.3) is 0 Å². The van der Waals surface area contributed by atoms with Crippen molar-refractivity contribution in [2.75, 3.05) is 7.11 Å². The molecule has 0 bridgehead atoms. The van der Waals surface area contributed by atoms with Crippen LogP contribution in [0.15, 0.2) is 56.7 Å². The first-order valence-electron chi connectivity index (χ1n) is 5.44. The summed E-state index contributed by atoms with van der Waals surface area (Å²) in [5.41, 5.74) is 0.904. The molecule has 0 fully saturated rings. The molecule has 1 N–H and O–H groups in total. The summed E-state index contributed by atoms with van der Waals surface area (Å²) >= 11 is 5.19. The number of rotatable bonds is 4. The Kier molecular flexibility index (Phi) is 4.69. The second-order valence-electron chi connectivity index (χ2n) is 3.70. The summed E-state index contributed by atoms with van der Waals surface area (Å²) < 4.78 is 6.12. The molecule has 4 heteroatoms. The summed E-state index contributed by atoms with van der Waals surface area (Å²) in [6, 6.07) is 13.8. The third-order valence-corrected chi connectivity index (χ3v) is 4.47. The van der Waals surface area contributed by atoms with Crippen LogP contribution in [-0.2, 0) is 6.61 Å². The Morgan fingerprint density at radius 3 is 2.44 bits per heavy atom. The van der Waals surface area contributed by atoms with Gasteiger partial charge in [-0.25, -0.2) is 0 Å². The third kappa shape index (κ3) is 3.28. The van der Waals surface area contributed by atoms with E-state index in [0.29, 0.717) is 0 Å². The first-order valence-corrected chi connectivity index (χ1v) is 7.05. The molecule has 0 atom stereocenters. The summed E-state index contributed by atoms with van der Waals surface area (Å²) in [5, 5.41) is 9.06. The number of aliphatic hydroxyl groups is 1. The summed E-state index contributed by atoms with van der Waals surface area (Å²) in [4.78, 5) is 2.27. The molecular formula is C14H13BrO2S. The maximum absolute atomic E-state index is 9.06. The van der Waals surface area contributed by atoms with E-state index >= 15 is 0 Å². The number of benzene rings is 2. The minimum absolute atomic E-state index is 0.0616. The number of hydrogen-bond acceptors (Lipinski definition) is 3. The summed E-state index contributed by atoms with van der Waals surface area (Å²) in [7, 11) is 1.66. The normalized spacial score (nSPS) is 10.4. The van der Waals surface area contributed by atoms with E-state index in [2.05, 4.69) is 15.9 Å². The zero-order valence-corrected chi connectivity index (χ0v) is 12.3. The molecule has 18 heavy (non-hydrogen) atoms. The van der Waals surface area contributed by atoms with Gasteiger partial charge in [-0.2, -0.15) is 0 Å². The molecule has 0 aliphatic rings. The minimum atomic E-state index is 0.0616. The molecule has 0 heterocycles. The zero-order chi connectivity index (χ0) is 13.0. The van der Waals surface area contributed by atoms with Crippen molar-refractivity contribution in [2.24, 2.45) is 0 Å². The van der Waals surface area contributed by atoms with Gasteiger partial charge < -0.3 is 9.84 Å². The quantitative estimate of drug-likeness (QED) is 0.918. The number of ether oxygens (including phenoxy) is 1.